The van der Waals surface area contributed by atoms with Crippen molar-refractivity contribution in [1.29, 1.82) is 0 Å². The van der Waals surface area contributed by atoms with Crippen LogP contribution in [-0.2, 0) is 17.8 Å². The molecule has 0 saturated heterocycles. The maximum absolute atomic E-state index is 12.8. The van der Waals surface area contributed by atoms with Gasteiger partial charge >= 0.3 is 0 Å². The first kappa shape index (κ1) is 21.2. The van der Waals surface area contributed by atoms with Gasteiger partial charge in [0, 0.05) is 23.6 Å². The molecule has 1 aliphatic heterocycles. The Balaban J connectivity index is 1.47. The van der Waals surface area contributed by atoms with Crippen LogP contribution < -0.4 is 15.0 Å². The molecule has 1 aromatic heterocycles. The van der Waals surface area contributed by atoms with E-state index in [0.29, 0.717) is 39.8 Å². The third-order valence-electron chi connectivity index (χ3n) is 5.20. The van der Waals surface area contributed by atoms with Gasteiger partial charge in [-0.1, -0.05) is 23.7 Å². The van der Waals surface area contributed by atoms with Crippen molar-refractivity contribution < 1.29 is 14.3 Å². The van der Waals surface area contributed by atoms with Gasteiger partial charge in [-0.05, 0) is 45.0 Å². The molecule has 0 saturated carbocycles. The summed E-state index contributed by atoms with van der Waals surface area (Å²) in [4.78, 5) is 33.9. The number of likely N-dealkylation sites (N-methyl/N-ethyl adjacent to an activating group) is 1. The lowest BCUT2D eigenvalue weighted by Gasteiger charge is -2.21. The van der Waals surface area contributed by atoms with E-state index in [9.17, 15) is 9.59 Å². The Labute approximate surface area is 185 Å². The highest BCUT2D eigenvalue weighted by atomic mass is 35.5. The zero-order valence-corrected chi connectivity index (χ0v) is 18.5. The van der Waals surface area contributed by atoms with Crippen molar-refractivity contribution in [3.63, 3.8) is 0 Å². The highest BCUT2D eigenvalue weighted by Gasteiger charge is 2.32. The minimum absolute atomic E-state index is 0.141. The minimum Gasteiger partial charge on any atom is -0.483 e. The molecule has 0 spiro atoms. The Hall–Kier alpha value is -3.06. The van der Waals surface area contributed by atoms with E-state index < -0.39 is 0 Å². The summed E-state index contributed by atoms with van der Waals surface area (Å²) in [5, 5.41) is 0.945. The van der Waals surface area contributed by atoms with Crippen molar-refractivity contribution in [2.24, 2.45) is 0 Å². The van der Waals surface area contributed by atoms with E-state index in [1.165, 1.54) is 0 Å². The molecule has 31 heavy (non-hydrogen) atoms. The topological polar surface area (TPSA) is 84.5 Å². The number of hydrogen-bond acceptors (Lipinski definition) is 5. The summed E-state index contributed by atoms with van der Waals surface area (Å²) in [7, 11) is 0. The van der Waals surface area contributed by atoms with E-state index in [1.54, 1.807) is 29.2 Å². The molecule has 0 radical (unpaired) electrons. The van der Waals surface area contributed by atoms with Gasteiger partial charge in [0.05, 0.1) is 17.4 Å². The van der Waals surface area contributed by atoms with Crippen LogP contribution in [0.5, 0.6) is 11.5 Å². The predicted octanol–water partition coefficient (Wildman–Crippen LogP) is 3.72. The number of para-hydroxylation sites is 1. The number of aromatic nitrogens is 2. The average Bonchev–Trinajstić information content (AvgIpc) is 3.04. The highest BCUT2D eigenvalue weighted by molar-refractivity contribution is 6.31. The van der Waals surface area contributed by atoms with Gasteiger partial charge < -0.3 is 19.4 Å². The maximum atomic E-state index is 12.8. The second-order valence-corrected chi connectivity index (χ2v) is 8.59. The molecular formula is C23H24ClN3O4. The number of carbonyl (C=O) groups is 1. The first-order chi connectivity index (χ1) is 14.8. The summed E-state index contributed by atoms with van der Waals surface area (Å²) in [6.07, 6.45) is 0.791. The van der Waals surface area contributed by atoms with Crippen LogP contribution in [0.4, 0.5) is 0 Å². The third kappa shape index (κ3) is 4.51. The van der Waals surface area contributed by atoms with Crippen molar-refractivity contribution in [3.8, 4) is 11.5 Å². The number of nitrogens with zero attached hydrogens (tertiary/aromatic N) is 2. The lowest BCUT2D eigenvalue weighted by molar-refractivity contribution is -0.133. The van der Waals surface area contributed by atoms with Crippen molar-refractivity contribution >= 4 is 28.4 Å². The molecule has 0 unspecified atom stereocenters. The number of fused-ring (bicyclic) bond motifs is 2. The van der Waals surface area contributed by atoms with Crippen LogP contribution in [0.25, 0.3) is 10.9 Å². The normalized spacial score (nSPS) is 14.2. The summed E-state index contributed by atoms with van der Waals surface area (Å²) < 4.78 is 11.8. The lowest BCUT2D eigenvalue weighted by atomic mass is 10.0. The van der Waals surface area contributed by atoms with Crippen LogP contribution >= 0.6 is 11.6 Å². The summed E-state index contributed by atoms with van der Waals surface area (Å²) in [5.41, 5.74) is 0.998. The van der Waals surface area contributed by atoms with Gasteiger partial charge in [0.25, 0.3) is 11.5 Å². The van der Waals surface area contributed by atoms with Gasteiger partial charge in [-0.25, -0.2) is 4.98 Å². The standard InChI is InChI=1S/C23H24ClN3O4/c1-4-27(12-19-25-17-10-15(24)8-9-16(17)22(29)26-19)20(28)13-30-18-7-5-6-14-11-23(2,3)31-21(14)18/h5-10H,4,11-13H2,1-3H3,(H,25,26,29). The number of benzene rings is 2. The molecule has 2 aromatic carbocycles. The van der Waals surface area contributed by atoms with Crippen LogP contribution in [0.3, 0.4) is 0 Å². The Morgan fingerprint density at radius 1 is 1.32 bits per heavy atom. The van der Waals surface area contributed by atoms with Crippen LogP contribution in [-0.4, -0.2) is 39.5 Å². The largest absolute Gasteiger partial charge is 0.483 e. The van der Waals surface area contributed by atoms with Crippen LogP contribution in [0, 0.1) is 0 Å². The molecule has 1 aliphatic rings. The second kappa shape index (κ2) is 8.23. The summed E-state index contributed by atoms with van der Waals surface area (Å²) in [6, 6.07) is 10.6. The van der Waals surface area contributed by atoms with Crippen molar-refractivity contribution in [1.82, 2.24) is 14.9 Å². The smallest absolute Gasteiger partial charge is 0.260 e. The van der Waals surface area contributed by atoms with E-state index in [1.807, 2.05) is 32.9 Å². The Morgan fingerprint density at radius 2 is 2.13 bits per heavy atom. The fourth-order valence-corrected chi connectivity index (χ4v) is 3.89. The summed E-state index contributed by atoms with van der Waals surface area (Å²) >= 11 is 6.02. The predicted molar refractivity (Wildman–Crippen MR) is 119 cm³/mol. The molecule has 3 aromatic rings. The third-order valence-corrected chi connectivity index (χ3v) is 5.43. The van der Waals surface area contributed by atoms with Gasteiger partial charge in [0.2, 0.25) is 0 Å². The SMILES string of the molecule is CCN(Cc1nc2cc(Cl)ccc2c(=O)[nH]1)C(=O)COc1cccc2c1OC(C)(C)C2. The zero-order chi connectivity index (χ0) is 22.2. The molecule has 4 rings (SSSR count). The molecule has 1 amide bonds. The molecule has 0 atom stereocenters. The van der Waals surface area contributed by atoms with Crippen molar-refractivity contribution in [3.05, 3.63) is 63.2 Å². The molecule has 2 heterocycles. The molecule has 1 N–H and O–H groups in total. The van der Waals surface area contributed by atoms with E-state index in [-0.39, 0.29) is 30.2 Å². The number of nitrogens with one attached hydrogen (secondary N) is 1. The Morgan fingerprint density at radius 3 is 2.90 bits per heavy atom. The fraction of sp³-hybridized carbons (Fsp3) is 0.348. The number of aromatic amines is 1. The number of ether oxygens (including phenoxy) is 2. The van der Waals surface area contributed by atoms with Crippen molar-refractivity contribution in [2.45, 2.75) is 39.3 Å². The quantitative estimate of drug-likeness (QED) is 0.630. The maximum Gasteiger partial charge on any atom is 0.260 e. The van der Waals surface area contributed by atoms with E-state index >= 15 is 0 Å². The fourth-order valence-electron chi connectivity index (χ4n) is 3.72. The first-order valence-electron chi connectivity index (χ1n) is 10.2. The minimum atomic E-state index is -0.294. The molecular weight excluding hydrogens is 418 g/mol. The van der Waals surface area contributed by atoms with Crippen LogP contribution in [0.2, 0.25) is 5.02 Å². The first-order valence-corrected chi connectivity index (χ1v) is 10.5. The van der Waals surface area contributed by atoms with E-state index in [2.05, 4.69) is 9.97 Å². The average molecular weight is 442 g/mol. The molecule has 0 bridgehead atoms. The van der Waals surface area contributed by atoms with Gasteiger partial charge in [-0.2, -0.15) is 0 Å². The number of amides is 1. The molecule has 162 valence electrons. The van der Waals surface area contributed by atoms with E-state index in [0.717, 1.165) is 12.0 Å². The Kier molecular flexibility index (Phi) is 5.62. The molecule has 7 nitrogen and oxygen atoms in total. The summed E-state index contributed by atoms with van der Waals surface area (Å²) in [5.74, 6) is 1.42. The lowest BCUT2D eigenvalue weighted by Crippen LogP contribution is -2.35. The zero-order valence-electron chi connectivity index (χ0n) is 17.7. The number of hydrogen-bond donors (Lipinski definition) is 1. The van der Waals surface area contributed by atoms with Crippen LogP contribution in [0.15, 0.2) is 41.2 Å². The molecule has 0 fully saturated rings. The van der Waals surface area contributed by atoms with E-state index in [4.69, 9.17) is 21.1 Å². The monoisotopic (exact) mass is 441 g/mol. The van der Waals surface area contributed by atoms with Gasteiger partial charge in [0.15, 0.2) is 18.1 Å². The van der Waals surface area contributed by atoms with Gasteiger partial charge in [-0.15, -0.1) is 0 Å². The summed E-state index contributed by atoms with van der Waals surface area (Å²) in [6.45, 7) is 6.36. The molecule has 0 aliphatic carbocycles. The van der Waals surface area contributed by atoms with Crippen LogP contribution in [0.1, 0.15) is 32.2 Å². The molecule has 8 heteroatoms. The highest BCUT2D eigenvalue weighted by Crippen LogP contribution is 2.41. The van der Waals surface area contributed by atoms with Gasteiger partial charge in [-0.3, -0.25) is 9.59 Å². The Bertz CT molecular complexity index is 1210. The number of H-pyrrole nitrogens is 1. The number of carbonyl (C=O) groups excluding carboxylic acids is 1. The number of rotatable bonds is 6. The second-order valence-electron chi connectivity index (χ2n) is 8.15. The van der Waals surface area contributed by atoms with Gasteiger partial charge in [0.1, 0.15) is 11.4 Å². The number of halogens is 1. The van der Waals surface area contributed by atoms with Crippen molar-refractivity contribution in [2.75, 3.05) is 13.2 Å².